The van der Waals surface area contributed by atoms with Crippen molar-refractivity contribution < 1.29 is 24.5 Å². The lowest BCUT2D eigenvalue weighted by molar-refractivity contribution is -0.282. The fourth-order valence-electron chi connectivity index (χ4n) is 1.38. The molecule has 0 fully saturated rings. The summed E-state index contributed by atoms with van der Waals surface area (Å²) >= 11 is 0. The Balaban J connectivity index is 0.000000491. The van der Waals surface area contributed by atoms with Crippen LogP contribution in [-0.2, 0) is 16.5 Å². The maximum Gasteiger partial charge on any atom is 0.316 e. The lowest BCUT2D eigenvalue weighted by Crippen LogP contribution is -1.93. The summed E-state index contributed by atoms with van der Waals surface area (Å²) in [5.74, 6) is 4.79. The molecule has 0 unspecified atom stereocenters. The number of phenolic OH excluding ortho intramolecular Hbond substituents is 2. The first-order chi connectivity index (χ1) is 10.2. The molecule has 0 spiro atoms. The molecule has 0 saturated carbocycles. The van der Waals surface area contributed by atoms with E-state index in [1.165, 1.54) is 7.11 Å². The first-order valence-electron chi connectivity index (χ1n) is 6.07. The fourth-order valence-corrected chi connectivity index (χ4v) is 1.38. The molecule has 0 aliphatic rings. The van der Waals surface area contributed by atoms with E-state index in [2.05, 4.69) is 15.8 Å². The van der Waals surface area contributed by atoms with Gasteiger partial charge in [-0.1, -0.05) is 0 Å². The summed E-state index contributed by atoms with van der Waals surface area (Å²) < 4.78 is 5.40. The van der Waals surface area contributed by atoms with Gasteiger partial charge in [-0.2, -0.15) is 5.90 Å². The van der Waals surface area contributed by atoms with Crippen LogP contribution in [0.25, 0.3) is 0 Å². The van der Waals surface area contributed by atoms with Crippen molar-refractivity contribution in [2.75, 3.05) is 7.11 Å². The number of rotatable bonds is 4. The van der Waals surface area contributed by atoms with Gasteiger partial charge in [0, 0.05) is 5.56 Å². The largest absolute Gasteiger partial charge is 0.508 e. The molecule has 2 aromatic rings. The molecule has 0 atom stereocenters. The fraction of sp³-hybridized carbons (Fsp3) is 0.133. The molecule has 2 rings (SSSR count). The first-order valence-corrected chi connectivity index (χ1v) is 6.07. The van der Waals surface area contributed by atoms with Gasteiger partial charge in [0.2, 0.25) is 0 Å². The molecule has 112 valence electrons. The Kier molecular flexibility index (Phi) is 7.52. The Morgan fingerprint density at radius 2 is 1.48 bits per heavy atom. The van der Waals surface area contributed by atoms with Gasteiger partial charge in [-0.3, -0.25) is 4.42 Å². The van der Waals surface area contributed by atoms with E-state index in [9.17, 15) is 0 Å². The summed E-state index contributed by atoms with van der Waals surface area (Å²) in [6, 6.07) is 13.6. The van der Waals surface area contributed by atoms with Gasteiger partial charge in [-0.25, -0.2) is 4.89 Å². The van der Waals surface area contributed by atoms with Crippen LogP contribution in [0.15, 0.2) is 48.5 Å². The van der Waals surface area contributed by atoms with Gasteiger partial charge >= 0.3 is 6.29 Å². The Morgan fingerprint density at radius 1 is 1.00 bits per heavy atom. The number of benzene rings is 2. The molecule has 0 amide bonds. The zero-order valence-electron chi connectivity index (χ0n) is 11.6. The van der Waals surface area contributed by atoms with E-state index in [1.807, 2.05) is 0 Å². The molecule has 2 aromatic carbocycles. The number of aldehydes is 1. The molecule has 0 radical (unpaired) electrons. The smallest absolute Gasteiger partial charge is 0.316 e. The summed E-state index contributed by atoms with van der Waals surface area (Å²) in [6.45, 7) is 0.446. The lowest BCUT2D eigenvalue weighted by Gasteiger charge is -1.91. The molecule has 0 heterocycles. The summed E-state index contributed by atoms with van der Waals surface area (Å²) in [5.41, 5.74) is 1.87. The van der Waals surface area contributed by atoms with Crippen LogP contribution >= 0.6 is 0 Å². The van der Waals surface area contributed by atoms with Gasteiger partial charge in [-0.05, 0) is 48.5 Å². The predicted octanol–water partition coefficient (Wildman–Crippen LogP) is 2.08. The number of hydrogen-bond acceptors (Lipinski definition) is 5. The van der Waals surface area contributed by atoms with E-state index in [0.29, 0.717) is 6.61 Å². The van der Waals surface area contributed by atoms with Crippen LogP contribution in [-0.4, -0.2) is 23.6 Å². The van der Waals surface area contributed by atoms with Crippen LogP contribution in [0, 0.1) is 0 Å². The van der Waals surface area contributed by atoms with Crippen molar-refractivity contribution >= 4 is 6.29 Å². The van der Waals surface area contributed by atoms with Crippen molar-refractivity contribution in [1.82, 2.24) is 0 Å². The molecule has 6 heteroatoms. The van der Waals surface area contributed by atoms with Crippen molar-refractivity contribution in [2.24, 2.45) is 5.90 Å². The summed E-state index contributed by atoms with van der Waals surface area (Å²) in [6.07, 6.45) is 1.63. The standard InChI is InChI=1S/C14H12O3.CH5NO2/c15-13-5-1-11(2-6-13)9-17-10-12-3-7-14(16)8-4-12;1-3-4-2/h1-9H,10H2,(H-,15,16);2H2,1H3/p+1. The number of phenols is 2. The number of nitrogens with two attached hydrogens (primary N) is 1. The number of hydrogen-bond donors (Lipinski definition) is 3. The van der Waals surface area contributed by atoms with Gasteiger partial charge in [0.1, 0.15) is 11.5 Å². The first kappa shape index (κ1) is 16.6. The van der Waals surface area contributed by atoms with Crippen LogP contribution < -0.4 is 5.90 Å². The Labute approximate surface area is 122 Å². The maximum atomic E-state index is 9.11. The van der Waals surface area contributed by atoms with Crippen LogP contribution in [0.3, 0.4) is 0 Å². The van der Waals surface area contributed by atoms with Gasteiger partial charge in [0.05, 0.1) is 12.7 Å². The minimum atomic E-state index is 0.237. The molecule has 0 saturated heterocycles. The van der Waals surface area contributed by atoms with Crippen molar-refractivity contribution in [3.8, 4) is 11.5 Å². The van der Waals surface area contributed by atoms with Crippen LogP contribution in [0.4, 0.5) is 0 Å². The van der Waals surface area contributed by atoms with Crippen LogP contribution in [0.1, 0.15) is 15.6 Å². The molecular formula is C15H18NO5+. The molecule has 21 heavy (non-hydrogen) atoms. The third kappa shape index (κ3) is 7.07. The predicted molar refractivity (Wildman–Crippen MR) is 77.6 cm³/mol. The van der Waals surface area contributed by atoms with Crippen molar-refractivity contribution in [3.05, 3.63) is 59.7 Å². The number of carbonyl (C=O) groups excluding carboxylic acids is 1. The Bertz CT molecular complexity index is 535. The number of aromatic hydroxyl groups is 2. The van der Waals surface area contributed by atoms with Crippen LogP contribution in [0.5, 0.6) is 11.5 Å². The van der Waals surface area contributed by atoms with E-state index >= 15 is 0 Å². The zero-order valence-corrected chi connectivity index (χ0v) is 11.6. The Hall–Kier alpha value is -2.41. The maximum absolute atomic E-state index is 9.11. The zero-order chi connectivity index (χ0) is 15.5. The minimum Gasteiger partial charge on any atom is -0.508 e. The second-order valence-corrected chi connectivity index (χ2v) is 3.95. The Morgan fingerprint density at radius 3 is 1.95 bits per heavy atom. The van der Waals surface area contributed by atoms with E-state index in [1.54, 1.807) is 54.8 Å². The van der Waals surface area contributed by atoms with Gasteiger partial charge < -0.3 is 10.2 Å². The van der Waals surface area contributed by atoms with Crippen molar-refractivity contribution in [3.63, 3.8) is 0 Å². The molecule has 0 aliphatic carbocycles. The van der Waals surface area contributed by atoms with Crippen molar-refractivity contribution in [1.29, 1.82) is 0 Å². The summed E-state index contributed by atoms with van der Waals surface area (Å²) in [5, 5.41) is 18.2. The highest BCUT2D eigenvalue weighted by molar-refractivity contribution is 5.75. The van der Waals surface area contributed by atoms with E-state index in [0.717, 1.165) is 11.1 Å². The highest BCUT2D eigenvalue weighted by atomic mass is 17.3. The molecule has 0 aliphatic heterocycles. The third-order valence-corrected chi connectivity index (χ3v) is 2.40. The lowest BCUT2D eigenvalue weighted by atomic mass is 10.2. The highest BCUT2D eigenvalue weighted by Crippen LogP contribution is 2.11. The molecule has 6 nitrogen and oxygen atoms in total. The van der Waals surface area contributed by atoms with E-state index in [4.69, 9.17) is 14.6 Å². The van der Waals surface area contributed by atoms with Crippen LogP contribution in [0.2, 0.25) is 0 Å². The normalized spacial score (nSPS) is 10.2. The van der Waals surface area contributed by atoms with Gasteiger partial charge in [0.15, 0.2) is 0 Å². The van der Waals surface area contributed by atoms with E-state index in [-0.39, 0.29) is 11.5 Å². The molecule has 0 bridgehead atoms. The average molecular weight is 292 g/mol. The average Bonchev–Trinajstić information content (AvgIpc) is 2.51. The summed E-state index contributed by atoms with van der Waals surface area (Å²) in [4.78, 5) is 7.36. The molecule has 0 aromatic heterocycles. The van der Waals surface area contributed by atoms with Gasteiger partial charge in [-0.15, -0.1) is 4.99 Å². The topological polar surface area (TPSA) is 96.2 Å². The second kappa shape index (κ2) is 9.49. The molecular weight excluding hydrogens is 274 g/mol. The quantitative estimate of drug-likeness (QED) is 0.347. The summed E-state index contributed by atoms with van der Waals surface area (Å²) in [7, 11) is 1.33. The molecule has 4 N–H and O–H groups in total. The monoisotopic (exact) mass is 292 g/mol. The SMILES string of the molecule is COON.Oc1ccc(C=[O+]Cc2ccc(O)cc2)cc1. The minimum absolute atomic E-state index is 0.237. The highest BCUT2D eigenvalue weighted by Gasteiger charge is 1.99. The van der Waals surface area contributed by atoms with Crippen molar-refractivity contribution in [2.45, 2.75) is 6.61 Å². The van der Waals surface area contributed by atoms with E-state index < -0.39 is 0 Å². The second-order valence-electron chi connectivity index (χ2n) is 3.95. The van der Waals surface area contributed by atoms with Gasteiger partial charge in [0.25, 0.3) is 6.61 Å². The third-order valence-electron chi connectivity index (χ3n) is 2.40.